The van der Waals surface area contributed by atoms with Gasteiger partial charge in [-0.2, -0.15) is 0 Å². The molecule has 0 aromatic heterocycles. The minimum absolute atomic E-state index is 0. The minimum Gasteiger partial charge on any atom is -0.370 e. The fourth-order valence-corrected chi connectivity index (χ4v) is 2.37. The van der Waals surface area contributed by atoms with Gasteiger partial charge in [-0.25, -0.2) is 0 Å². The molecule has 0 aliphatic heterocycles. The molecule has 0 heterocycles. The molecule has 0 rings (SSSR count). The Labute approximate surface area is 158 Å². The molecular formula is C18H36ClNOPt. The fourth-order valence-electron chi connectivity index (χ4n) is 2.37. The van der Waals surface area contributed by atoms with Crippen LogP contribution in [0.25, 0.3) is 0 Å². The summed E-state index contributed by atoms with van der Waals surface area (Å²) in [5, 5.41) is 0. The maximum absolute atomic E-state index is 10.5. The third kappa shape index (κ3) is 25.2. The standard InChI is InChI=1S/C18H35NO.ClH.Pt/c1-2-3-4-5-6-7-8-9-10-11-12-13-14-15-16-17-18(19)20;;/h9-10H,2-8,11-17H2,1H3,(H2,19,20);1H;/b10-9-;;. The summed E-state index contributed by atoms with van der Waals surface area (Å²) in [6, 6.07) is 0. The molecule has 136 valence electrons. The molecule has 0 aromatic carbocycles. The van der Waals surface area contributed by atoms with Crippen LogP contribution >= 0.6 is 12.4 Å². The molecule has 0 radical (unpaired) electrons. The van der Waals surface area contributed by atoms with E-state index in [0.717, 1.165) is 12.8 Å². The average Bonchev–Trinajstić information content (AvgIpc) is 2.43. The molecule has 2 N–H and O–H groups in total. The summed E-state index contributed by atoms with van der Waals surface area (Å²) < 4.78 is 0. The third-order valence-corrected chi connectivity index (χ3v) is 3.68. The number of carbonyl (C=O) groups is 1. The van der Waals surface area contributed by atoms with Gasteiger partial charge in [0, 0.05) is 27.5 Å². The zero-order valence-corrected chi connectivity index (χ0v) is 17.4. The normalized spacial score (nSPS) is 10.2. The summed E-state index contributed by atoms with van der Waals surface area (Å²) in [6.07, 6.45) is 21.9. The van der Waals surface area contributed by atoms with Crippen LogP contribution in [0.4, 0.5) is 0 Å². The van der Waals surface area contributed by atoms with Gasteiger partial charge in [-0.05, 0) is 32.1 Å². The van der Waals surface area contributed by atoms with Crippen molar-refractivity contribution < 1.29 is 25.9 Å². The van der Waals surface area contributed by atoms with Crippen LogP contribution < -0.4 is 5.73 Å². The molecule has 2 nitrogen and oxygen atoms in total. The number of hydrogen-bond acceptors (Lipinski definition) is 1. The number of carbonyl (C=O) groups excluding carboxylic acids is 1. The van der Waals surface area contributed by atoms with Gasteiger partial charge in [-0.3, -0.25) is 4.79 Å². The van der Waals surface area contributed by atoms with Crippen molar-refractivity contribution in [2.75, 3.05) is 0 Å². The molecule has 22 heavy (non-hydrogen) atoms. The number of allylic oxidation sites excluding steroid dienone is 2. The second-order valence-corrected chi connectivity index (χ2v) is 5.80. The first kappa shape index (κ1) is 27.1. The molecular weight excluding hydrogens is 477 g/mol. The molecule has 0 fully saturated rings. The summed E-state index contributed by atoms with van der Waals surface area (Å²) in [4.78, 5) is 10.5. The molecule has 0 saturated carbocycles. The molecule has 0 unspecified atom stereocenters. The predicted molar refractivity (Wildman–Crippen MR) is 95.9 cm³/mol. The van der Waals surface area contributed by atoms with Crippen molar-refractivity contribution in [2.24, 2.45) is 5.73 Å². The molecule has 0 saturated heterocycles. The van der Waals surface area contributed by atoms with E-state index in [2.05, 4.69) is 19.1 Å². The van der Waals surface area contributed by atoms with Gasteiger partial charge in [0.05, 0.1) is 0 Å². The Balaban J connectivity index is -0.00000180. The van der Waals surface area contributed by atoms with Crippen molar-refractivity contribution in [1.29, 1.82) is 0 Å². The molecule has 0 spiro atoms. The van der Waals surface area contributed by atoms with Gasteiger partial charge in [0.15, 0.2) is 0 Å². The number of hydrogen-bond donors (Lipinski definition) is 1. The van der Waals surface area contributed by atoms with Gasteiger partial charge in [0.1, 0.15) is 0 Å². The fraction of sp³-hybridized carbons (Fsp3) is 0.833. The average molecular weight is 513 g/mol. The van der Waals surface area contributed by atoms with E-state index in [1.54, 1.807) is 0 Å². The van der Waals surface area contributed by atoms with Crippen molar-refractivity contribution in [2.45, 2.75) is 96.8 Å². The molecule has 0 aromatic rings. The molecule has 0 atom stereocenters. The Morgan fingerprint density at radius 1 is 0.773 bits per heavy atom. The first-order valence-electron chi connectivity index (χ1n) is 8.70. The van der Waals surface area contributed by atoms with E-state index in [-0.39, 0.29) is 39.4 Å². The summed E-state index contributed by atoms with van der Waals surface area (Å²) in [6.45, 7) is 2.26. The van der Waals surface area contributed by atoms with E-state index >= 15 is 0 Å². The van der Waals surface area contributed by atoms with Crippen LogP contribution in [0.3, 0.4) is 0 Å². The van der Waals surface area contributed by atoms with E-state index in [0.29, 0.717) is 6.42 Å². The quantitative estimate of drug-likeness (QED) is 0.214. The van der Waals surface area contributed by atoms with E-state index in [1.165, 1.54) is 70.6 Å². The second kappa shape index (κ2) is 23.5. The number of nitrogens with two attached hydrogens (primary N) is 1. The van der Waals surface area contributed by atoms with Gasteiger partial charge >= 0.3 is 0 Å². The number of amides is 1. The molecule has 0 aliphatic carbocycles. The summed E-state index contributed by atoms with van der Waals surface area (Å²) in [5.74, 6) is -0.164. The van der Waals surface area contributed by atoms with Crippen molar-refractivity contribution in [1.82, 2.24) is 0 Å². The first-order valence-corrected chi connectivity index (χ1v) is 8.70. The Hall–Kier alpha value is 0.188. The van der Waals surface area contributed by atoms with Crippen molar-refractivity contribution in [3.63, 3.8) is 0 Å². The summed E-state index contributed by atoms with van der Waals surface area (Å²) in [7, 11) is 0. The SMILES string of the molecule is CCCCCCCC/C=C\CCCCCCCC(N)=O.Cl.[Pt]. The second-order valence-electron chi connectivity index (χ2n) is 5.80. The minimum atomic E-state index is -0.164. The number of rotatable bonds is 15. The van der Waals surface area contributed by atoms with E-state index in [9.17, 15) is 4.79 Å². The van der Waals surface area contributed by atoms with Crippen LogP contribution in [-0.4, -0.2) is 5.91 Å². The Morgan fingerprint density at radius 3 is 1.64 bits per heavy atom. The zero-order chi connectivity index (χ0) is 14.9. The topological polar surface area (TPSA) is 43.1 Å². The van der Waals surface area contributed by atoms with Gasteiger partial charge in [-0.15, -0.1) is 12.4 Å². The predicted octanol–water partition coefficient (Wildman–Crippen LogP) is 5.93. The monoisotopic (exact) mass is 512 g/mol. The number of halogens is 1. The molecule has 0 bridgehead atoms. The Morgan fingerprint density at radius 2 is 1.18 bits per heavy atom. The van der Waals surface area contributed by atoms with Crippen LogP contribution in [0.5, 0.6) is 0 Å². The maximum atomic E-state index is 10.5. The van der Waals surface area contributed by atoms with E-state index in [1.807, 2.05) is 0 Å². The first-order chi connectivity index (χ1) is 9.77. The summed E-state index contributed by atoms with van der Waals surface area (Å²) >= 11 is 0. The van der Waals surface area contributed by atoms with Crippen LogP contribution in [0.1, 0.15) is 96.8 Å². The van der Waals surface area contributed by atoms with Gasteiger partial charge < -0.3 is 5.73 Å². The molecule has 0 aliphatic rings. The summed E-state index contributed by atoms with van der Waals surface area (Å²) in [5.41, 5.74) is 5.10. The van der Waals surface area contributed by atoms with E-state index in [4.69, 9.17) is 5.73 Å². The maximum Gasteiger partial charge on any atom is 0.217 e. The van der Waals surface area contributed by atoms with Crippen molar-refractivity contribution >= 4 is 18.3 Å². The zero-order valence-electron chi connectivity index (χ0n) is 14.3. The smallest absolute Gasteiger partial charge is 0.217 e. The Bertz CT molecular complexity index is 247. The van der Waals surface area contributed by atoms with Crippen LogP contribution in [0.2, 0.25) is 0 Å². The Kier molecular flexibility index (Phi) is 28.8. The number of unbranched alkanes of at least 4 members (excludes halogenated alkanes) is 11. The largest absolute Gasteiger partial charge is 0.370 e. The molecule has 4 heteroatoms. The molecule has 1 amide bonds. The van der Waals surface area contributed by atoms with Crippen LogP contribution in [0.15, 0.2) is 12.2 Å². The van der Waals surface area contributed by atoms with E-state index < -0.39 is 0 Å². The van der Waals surface area contributed by atoms with Crippen LogP contribution in [-0.2, 0) is 25.9 Å². The van der Waals surface area contributed by atoms with Gasteiger partial charge in [0.2, 0.25) is 5.91 Å². The van der Waals surface area contributed by atoms with Crippen molar-refractivity contribution in [3.05, 3.63) is 12.2 Å². The van der Waals surface area contributed by atoms with Crippen molar-refractivity contribution in [3.8, 4) is 0 Å². The number of primary amides is 1. The van der Waals surface area contributed by atoms with Crippen LogP contribution in [0, 0.1) is 0 Å². The third-order valence-electron chi connectivity index (χ3n) is 3.68. The van der Waals surface area contributed by atoms with Gasteiger partial charge in [-0.1, -0.05) is 70.4 Å². The van der Waals surface area contributed by atoms with Gasteiger partial charge in [0.25, 0.3) is 0 Å².